The molecule has 0 atom stereocenters. The molecule has 0 aliphatic rings. The highest BCUT2D eigenvalue weighted by Crippen LogP contribution is 2.36. The van der Waals surface area contributed by atoms with Gasteiger partial charge in [-0.05, 0) is 18.1 Å². The molecule has 0 fully saturated rings. The lowest BCUT2D eigenvalue weighted by Crippen LogP contribution is -2.27. The second-order valence-electron chi connectivity index (χ2n) is 4.94. The predicted molar refractivity (Wildman–Crippen MR) is 82.5 cm³/mol. The molecule has 1 aromatic carbocycles. The van der Waals surface area contributed by atoms with E-state index >= 15 is 0 Å². The number of carbonyl (C=O) groups is 1. The SMILES string of the molecule is COCCNC(=O)c1cc(Cl)c(OCC(C)C)c(OC)c1. The molecule has 0 saturated heterocycles. The monoisotopic (exact) mass is 315 g/mol. The van der Waals surface area contributed by atoms with Crippen LogP contribution in [0.3, 0.4) is 0 Å². The van der Waals surface area contributed by atoms with E-state index in [1.54, 1.807) is 19.2 Å². The molecule has 5 nitrogen and oxygen atoms in total. The van der Waals surface area contributed by atoms with Gasteiger partial charge in [0.2, 0.25) is 0 Å². The summed E-state index contributed by atoms with van der Waals surface area (Å²) >= 11 is 6.19. The van der Waals surface area contributed by atoms with Gasteiger partial charge in [0.1, 0.15) is 0 Å². The number of hydrogen-bond donors (Lipinski definition) is 1. The van der Waals surface area contributed by atoms with E-state index in [0.29, 0.717) is 47.8 Å². The number of carbonyl (C=O) groups excluding carboxylic acids is 1. The summed E-state index contributed by atoms with van der Waals surface area (Å²) in [7, 11) is 3.09. The van der Waals surface area contributed by atoms with Gasteiger partial charge < -0.3 is 19.5 Å². The lowest BCUT2D eigenvalue weighted by Gasteiger charge is -2.15. The van der Waals surface area contributed by atoms with Crippen molar-refractivity contribution in [3.63, 3.8) is 0 Å². The Bertz CT molecular complexity index is 477. The number of amides is 1. The third-order valence-electron chi connectivity index (χ3n) is 2.64. The third-order valence-corrected chi connectivity index (χ3v) is 2.93. The number of rotatable bonds is 8. The first kappa shape index (κ1) is 17.6. The molecule has 1 aromatic rings. The van der Waals surface area contributed by atoms with Crippen molar-refractivity contribution < 1.29 is 19.0 Å². The number of ether oxygens (including phenoxy) is 3. The van der Waals surface area contributed by atoms with E-state index in [-0.39, 0.29) is 5.91 Å². The second kappa shape index (κ2) is 8.74. The molecule has 118 valence electrons. The van der Waals surface area contributed by atoms with Gasteiger partial charge in [0.25, 0.3) is 5.91 Å². The van der Waals surface area contributed by atoms with Crippen LogP contribution in [0.1, 0.15) is 24.2 Å². The first-order valence-corrected chi connectivity index (χ1v) is 7.14. The van der Waals surface area contributed by atoms with Crippen molar-refractivity contribution in [1.82, 2.24) is 5.32 Å². The van der Waals surface area contributed by atoms with Gasteiger partial charge in [-0.25, -0.2) is 0 Å². The maximum Gasteiger partial charge on any atom is 0.251 e. The molecule has 0 aromatic heterocycles. The number of nitrogens with one attached hydrogen (secondary N) is 1. The van der Waals surface area contributed by atoms with Crippen molar-refractivity contribution in [3.8, 4) is 11.5 Å². The molecular formula is C15H22ClNO4. The summed E-state index contributed by atoms with van der Waals surface area (Å²) in [5, 5.41) is 3.08. The van der Waals surface area contributed by atoms with Crippen LogP contribution in [0.4, 0.5) is 0 Å². The van der Waals surface area contributed by atoms with Gasteiger partial charge >= 0.3 is 0 Å². The van der Waals surface area contributed by atoms with Crippen LogP contribution in [0.2, 0.25) is 5.02 Å². The molecule has 0 unspecified atom stereocenters. The summed E-state index contributed by atoms with van der Waals surface area (Å²) in [6, 6.07) is 3.19. The molecule has 21 heavy (non-hydrogen) atoms. The molecule has 0 heterocycles. The fraction of sp³-hybridized carbons (Fsp3) is 0.533. The molecule has 1 N–H and O–H groups in total. The third kappa shape index (κ3) is 5.44. The molecular weight excluding hydrogens is 294 g/mol. The highest BCUT2D eigenvalue weighted by molar-refractivity contribution is 6.32. The van der Waals surface area contributed by atoms with Crippen LogP contribution in [-0.2, 0) is 4.74 Å². The molecule has 0 radical (unpaired) electrons. The largest absolute Gasteiger partial charge is 0.493 e. The van der Waals surface area contributed by atoms with E-state index in [1.165, 1.54) is 7.11 Å². The van der Waals surface area contributed by atoms with Crippen molar-refractivity contribution in [2.24, 2.45) is 5.92 Å². The van der Waals surface area contributed by atoms with Crippen molar-refractivity contribution in [2.75, 3.05) is 34.0 Å². The molecule has 1 rings (SSSR count). The van der Waals surface area contributed by atoms with Gasteiger partial charge in [-0.1, -0.05) is 25.4 Å². The van der Waals surface area contributed by atoms with Gasteiger partial charge in [0.05, 0.1) is 25.3 Å². The summed E-state index contributed by atoms with van der Waals surface area (Å²) < 4.78 is 15.8. The van der Waals surface area contributed by atoms with Gasteiger partial charge in [0, 0.05) is 19.2 Å². The Labute approximate surface area is 130 Å². The molecule has 0 aliphatic heterocycles. The zero-order valence-corrected chi connectivity index (χ0v) is 13.6. The highest BCUT2D eigenvalue weighted by atomic mass is 35.5. The van der Waals surface area contributed by atoms with E-state index in [2.05, 4.69) is 5.32 Å². The Morgan fingerprint density at radius 1 is 1.33 bits per heavy atom. The second-order valence-corrected chi connectivity index (χ2v) is 5.35. The summed E-state index contributed by atoms with van der Waals surface area (Å²) in [6.07, 6.45) is 0. The standard InChI is InChI=1S/C15H22ClNO4/c1-10(2)9-21-14-12(16)7-11(8-13(14)20-4)15(18)17-5-6-19-3/h7-8,10H,5-6,9H2,1-4H3,(H,17,18). The van der Waals surface area contributed by atoms with Gasteiger partial charge in [-0.3, -0.25) is 4.79 Å². The predicted octanol–water partition coefficient (Wildman–Crippen LogP) is 2.76. The quantitative estimate of drug-likeness (QED) is 0.749. The Morgan fingerprint density at radius 3 is 2.62 bits per heavy atom. The summed E-state index contributed by atoms with van der Waals surface area (Å²) in [5.74, 6) is 1.03. The summed E-state index contributed by atoms with van der Waals surface area (Å²) in [4.78, 5) is 12.0. The average molecular weight is 316 g/mol. The van der Waals surface area contributed by atoms with E-state index in [9.17, 15) is 4.79 Å². The fourth-order valence-corrected chi connectivity index (χ4v) is 1.87. The Morgan fingerprint density at radius 2 is 2.05 bits per heavy atom. The smallest absolute Gasteiger partial charge is 0.251 e. The summed E-state index contributed by atoms with van der Waals surface area (Å²) in [6.45, 7) is 5.48. The minimum Gasteiger partial charge on any atom is -0.493 e. The Balaban J connectivity index is 2.89. The van der Waals surface area contributed by atoms with Crippen LogP contribution >= 0.6 is 11.6 Å². The van der Waals surface area contributed by atoms with Crippen LogP contribution in [-0.4, -0.2) is 39.9 Å². The fourth-order valence-electron chi connectivity index (χ4n) is 1.61. The van der Waals surface area contributed by atoms with Crippen molar-refractivity contribution in [2.45, 2.75) is 13.8 Å². The van der Waals surface area contributed by atoms with Crippen LogP contribution < -0.4 is 14.8 Å². The minimum absolute atomic E-state index is 0.234. The molecule has 0 bridgehead atoms. The van der Waals surface area contributed by atoms with Gasteiger partial charge in [0.15, 0.2) is 11.5 Å². The first-order chi connectivity index (χ1) is 9.99. The number of hydrogen-bond acceptors (Lipinski definition) is 4. The van der Waals surface area contributed by atoms with Crippen molar-refractivity contribution in [3.05, 3.63) is 22.7 Å². The molecule has 0 aliphatic carbocycles. The zero-order valence-electron chi connectivity index (χ0n) is 12.9. The normalized spacial score (nSPS) is 10.6. The first-order valence-electron chi connectivity index (χ1n) is 6.77. The van der Waals surface area contributed by atoms with Crippen molar-refractivity contribution in [1.29, 1.82) is 0 Å². The maximum absolute atomic E-state index is 12.0. The van der Waals surface area contributed by atoms with Crippen LogP contribution in [0, 0.1) is 5.92 Å². The van der Waals surface area contributed by atoms with Crippen LogP contribution in [0.15, 0.2) is 12.1 Å². The lowest BCUT2D eigenvalue weighted by molar-refractivity contribution is 0.0936. The number of halogens is 1. The molecule has 1 amide bonds. The number of methoxy groups -OCH3 is 2. The zero-order chi connectivity index (χ0) is 15.8. The van der Waals surface area contributed by atoms with Gasteiger partial charge in [-0.15, -0.1) is 0 Å². The van der Waals surface area contributed by atoms with Gasteiger partial charge in [-0.2, -0.15) is 0 Å². The molecule has 0 spiro atoms. The minimum atomic E-state index is -0.234. The lowest BCUT2D eigenvalue weighted by atomic mass is 10.2. The van der Waals surface area contributed by atoms with Crippen LogP contribution in [0.25, 0.3) is 0 Å². The van der Waals surface area contributed by atoms with E-state index < -0.39 is 0 Å². The average Bonchev–Trinajstić information content (AvgIpc) is 2.45. The van der Waals surface area contributed by atoms with Crippen molar-refractivity contribution >= 4 is 17.5 Å². The highest BCUT2D eigenvalue weighted by Gasteiger charge is 2.16. The van der Waals surface area contributed by atoms with E-state index in [4.69, 9.17) is 25.8 Å². The van der Waals surface area contributed by atoms with E-state index in [0.717, 1.165) is 0 Å². The number of benzene rings is 1. The Hall–Kier alpha value is -1.46. The van der Waals surface area contributed by atoms with Crippen LogP contribution in [0.5, 0.6) is 11.5 Å². The summed E-state index contributed by atoms with van der Waals surface area (Å²) in [5.41, 5.74) is 0.421. The molecule has 6 heteroatoms. The molecule has 0 saturated carbocycles. The Kier molecular flexibility index (Phi) is 7.32. The topological polar surface area (TPSA) is 56.8 Å². The van der Waals surface area contributed by atoms with E-state index in [1.807, 2.05) is 13.8 Å². The maximum atomic E-state index is 12.0.